The third-order valence-corrected chi connectivity index (χ3v) is 14.5. The highest BCUT2D eigenvalue weighted by Crippen LogP contribution is 2.16. The van der Waals surface area contributed by atoms with Gasteiger partial charge in [0.05, 0.1) is 0 Å². The second-order valence-electron chi connectivity index (χ2n) is 22.3. The maximum atomic E-state index is 12.9. The van der Waals surface area contributed by atoms with Crippen molar-refractivity contribution in [2.45, 2.75) is 329 Å². The Morgan fingerprint density at radius 3 is 0.800 bits per heavy atom. The van der Waals surface area contributed by atoms with Gasteiger partial charge in [-0.05, 0) is 128 Å². The summed E-state index contributed by atoms with van der Waals surface area (Å²) in [6, 6.07) is 0. The molecule has 0 aliphatic carbocycles. The zero-order chi connectivity index (χ0) is 57.8. The summed E-state index contributed by atoms with van der Waals surface area (Å²) in [6.07, 6.45) is 92.6. The van der Waals surface area contributed by atoms with Gasteiger partial charge in [0.25, 0.3) is 0 Å². The van der Waals surface area contributed by atoms with Crippen LogP contribution in [0.25, 0.3) is 0 Å². The van der Waals surface area contributed by atoms with Crippen molar-refractivity contribution in [1.82, 2.24) is 0 Å². The predicted octanol–water partition coefficient (Wildman–Crippen LogP) is 23.4. The van der Waals surface area contributed by atoms with Crippen molar-refractivity contribution >= 4 is 17.9 Å². The number of allylic oxidation sites excluding steroid dienone is 18. The van der Waals surface area contributed by atoms with Crippen molar-refractivity contribution in [2.75, 3.05) is 13.2 Å². The molecule has 1 unspecified atom stereocenters. The fourth-order valence-electron chi connectivity index (χ4n) is 9.41. The highest BCUT2D eigenvalue weighted by molar-refractivity contribution is 5.71. The van der Waals surface area contributed by atoms with Gasteiger partial charge >= 0.3 is 17.9 Å². The molecule has 0 saturated carbocycles. The molecule has 0 aliphatic rings. The minimum Gasteiger partial charge on any atom is -0.462 e. The Labute approximate surface area is 495 Å². The zero-order valence-electron chi connectivity index (χ0n) is 52.6. The summed E-state index contributed by atoms with van der Waals surface area (Å²) in [4.78, 5) is 38.3. The second-order valence-corrected chi connectivity index (χ2v) is 22.3. The third kappa shape index (κ3) is 64.9. The molecule has 0 bridgehead atoms. The lowest BCUT2D eigenvalue weighted by molar-refractivity contribution is -0.167. The van der Waals surface area contributed by atoms with E-state index in [9.17, 15) is 14.4 Å². The average molecular weight is 1110 g/mol. The molecule has 0 aliphatic heterocycles. The molecule has 1 atom stereocenters. The molecule has 0 amide bonds. The molecular formula is C74H126O6. The van der Waals surface area contributed by atoms with E-state index in [1.54, 1.807) is 0 Å². The SMILES string of the molecule is CC/C=C\C/C=C\C/C=C\C/C=C\C/C=C\C/C=C\C/C=C\CCCCCCCCCCCCCCCC(=O)OCC(COC(=O)CCCCCCC/C=C\CCCCC)OC(=O)CCCCCCC/C=C\CCCCCCCC. The minimum atomic E-state index is -0.786. The van der Waals surface area contributed by atoms with Gasteiger partial charge in [-0.2, -0.15) is 0 Å². The summed E-state index contributed by atoms with van der Waals surface area (Å²) in [5, 5.41) is 0. The van der Waals surface area contributed by atoms with Crippen LogP contribution in [0.2, 0.25) is 0 Å². The molecule has 0 radical (unpaired) electrons. The van der Waals surface area contributed by atoms with Gasteiger partial charge in [0.2, 0.25) is 0 Å². The first-order valence-electron chi connectivity index (χ1n) is 33.9. The standard InChI is InChI=1S/C74H126O6/c1-4-7-10-13-16-19-22-25-27-28-29-30-31-32-33-34-35-36-37-38-39-40-41-42-43-44-45-46-48-49-52-55-58-61-64-67-73(76)79-70-71(69-78-72(75)66-63-60-57-54-51-24-21-18-15-12-9-6-3)80-74(77)68-65-62-59-56-53-50-47-26-23-20-17-14-11-8-5-2/h7,10,16,18-19,21,25-27,29-30,32-33,35-36,38-39,47,71H,4-6,8-9,11-15,17,20,22-24,28,31,34,37,40-46,48-70H2,1-3H3/b10-7-,19-16-,21-18-,27-25-,30-29-,33-32-,36-35-,39-38-,47-26-. The molecule has 458 valence electrons. The largest absolute Gasteiger partial charge is 0.462 e. The minimum absolute atomic E-state index is 0.0824. The summed E-state index contributed by atoms with van der Waals surface area (Å²) in [7, 11) is 0. The van der Waals surface area contributed by atoms with Gasteiger partial charge in [-0.1, -0.05) is 284 Å². The van der Waals surface area contributed by atoms with Crippen LogP contribution in [-0.4, -0.2) is 37.2 Å². The molecule has 0 aromatic heterocycles. The fourth-order valence-corrected chi connectivity index (χ4v) is 9.41. The normalized spacial score (nSPS) is 12.8. The molecule has 0 rings (SSSR count). The highest BCUT2D eigenvalue weighted by atomic mass is 16.6. The summed E-state index contributed by atoms with van der Waals surface area (Å²) >= 11 is 0. The van der Waals surface area contributed by atoms with Crippen LogP contribution in [-0.2, 0) is 28.6 Å². The number of carbonyl (C=O) groups excluding carboxylic acids is 3. The molecule has 80 heavy (non-hydrogen) atoms. The molecule has 0 aromatic rings. The number of esters is 3. The van der Waals surface area contributed by atoms with E-state index in [2.05, 4.69) is 130 Å². The van der Waals surface area contributed by atoms with E-state index in [0.29, 0.717) is 19.3 Å². The quantitative estimate of drug-likeness (QED) is 0.0261. The molecule has 0 spiro atoms. The Morgan fingerprint density at radius 1 is 0.263 bits per heavy atom. The first-order chi connectivity index (χ1) is 39.5. The first-order valence-corrected chi connectivity index (χ1v) is 33.9. The second kappa shape index (κ2) is 67.6. The van der Waals surface area contributed by atoms with Crippen molar-refractivity contribution in [1.29, 1.82) is 0 Å². The van der Waals surface area contributed by atoms with Crippen molar-refractivity contribution in [3.8, 4) is 0 Å². The smallest absolute Gasteiger partial charge is 0.306 e. The van der Waals surface area contributed by atoms with Crippen molar-refractivity contribution in [2.24, 2.45) is 0 Å². The summed E-state index contributed by atoms with van der Waals surface area (Å²) in [6.45, 7) is 6.50. The molecule has 0 aromatic carbocycles. The van der Waals surface area contributed by atoms with Crippen LogP contribution in [0.5, 0.6) is 0 Å². The van der Waals surface area contributed by atoms with E-state index in [1.807, 2.05) is 0 Å². The number of rotatable bonds is 61. The lowest BCUT2D eigenvalue weighted by Gasteiger charge is -2.18. The summed E-state index contributed by atoms with van der Waals surface area (Å²) in [5.41, 5.74) is 0. The summed E-state index contributed by atoms with van der Waals surface area (Å²) in [5.74, 6) is -0.892. The van der Waals surface area contributed by atoms with E-state index in [0.717, 1.165) is 122 Å². The lowest BCUT2D eigenvalue weighted by atomic mass is 10.0. The van der Waals surface area contributed by atoms with E-state index in [1.165, 1.54) is 161 Å². The van der Waals surface area contributed by atoms with Gasteiger partial charge in [-0.25, -0.2) is 0 Å². The molecule has 0 heterocycles. The van der Waals surface area contributed by atoms with Gasteiger partial charge in [-0.15, -0.1) is 0 Å². The van der Waals surface area contributed by atoms with E-state index >= 15 is 0 Å². The molecule has 6 heteroatoms. The van der Waals surface area contributed by atoms with Gasteiger partial charge in [0.15, 0.2) is 6.10 Å². The van der Waals surface area contributed by atoms with E-state index in [-0.39, 0.29) is 31.1 Å². The highest BCUT2D eigenvalue weighted by Gasteiger charge is 2.19. The Bertz CT molecular complexity index is 1610. The maximum Gasteiger partial charge on any atom is 0.306 e. The molecule has 6 nitrogen and oxygen atoms in total. The first kappa shape index (κ1) is 76.1. The van der Waals surface area contributed by atoms with Gasteiger partial charge in [-0.3, -0.25) is 14.4 Å². The van der Waals surface area contributed by atoms with Crippen LogP contribution < -0.4 is 0 Å². The molecule has 0 saturated heterocycles. The zero-order valence-corrected chi connectivity index (χ0v) is 52.6. The molecule has 0 N–H and O–H groups in total. The van der Waals surface area contributed by atoms with Crippen molar-refractivity contribution in [3.63, 3.8) is 0 Å². The Balaban J connectivity index is 4.16. The van der Waals surface area contributed by atoms with E-state index < -0.39 is 6.10 Å². The topological polar surface area (TPSA) is 78.9 Å². The Morgan fingerprint density at radius 2 is 0.487 bits per heavy atom. The van der Waals surface area contributed by atoms with Crippen LogP contribution in [0, 0.1) is 0 Å². The van der Waals surface area contributed by atoms with Crippen molar-refractivity contribution in [3.05, 3.63) is 109 Å². The fraction of sp³-hybridized carbons (Fsp3) is 0.716. The predicted molar refractivity (Wildman–Crippen MR) is 348 cm³/mol. The Kier molecular flexibility index (Phi) is 64.3. The Hall–Kier alpha value is -3.93. The van der Waals surface area contributed by atoms with Crippen molar-refractivity contribution < 1.29 is 28.6 Å². The van der Waals surface area contributed by atoms with Crippen LogP contribution in [0.3, 0.4) is 0 Å². The van der Waals surface area contributed by atoms with Gasteiger partial charge in [0, 0.05) is 19.3 Å². The van der Waals surface area contributed by atoms with E-state index in [4.69, 9.17) is 14.2 Å². The average Bonchev–Trinajstić information content (AvgIpc) is 3.46. The third-order valence-electron chi connectivity index (χ3n) is 14.5. The van der Waals surface area contributed by atoms with Crippen LogP contribution >= 0.6 is 0 Å². The van der Waals surface area contributed by atoms with Crippen LogP contribution in [0.15, 0.2) is 109 Å². The monoisotopic (exact) mass is 1110 g/mol. The number of ether oxygens (including phenoxy) is 3. The van der Waals surface area contributed by atoms with Gasteiger partial charge < -0.3 is 14.2 Å². The van der Waals surface area contributed by atoms with Gasteiger partial charge in [0.1, 0.15) is 13.2 Å². The number of hydrogen-bond acceptors (Lipinski definition) is 6. The van der Waals surface area contributed by atoms with Crippen LogP contribution in [0.1, 0.15) is 323 Å². The number of carbonyl (C=O) groups is 3. The number of unbranched alkanes of at least 4 members (excludes halogenated alkanes) is 32. The maximum absolute atomic E-state index is 12.9. The lowest BCUT2D eigenvalue weighted by Crippen LogP contribution is -2.30. The number of hydrogen-bond donors (Lipinski definition) is 0. The molecular weight excluding hydrogens is 985 g/mol. The van der Waals surface area contributed by atoms with Crippen LogP contribution in [0.4, 0.5) is 0 Å². The summed E-state index contributed by atoms with van der Waals surface area (Å²) < 4.78 is 16.9. The molecule has 0 fully saturated rings.